The molecule has 0 saturated heterocycles. The lowest BCUT2D eigenvalue weighted by atomic mass is 9.83. The minimum absolute atomic E-state index is 0.0106. The SMILES string of the molecule is CCCOC(=O)[C@@H]1[C@@H](C(=O)OCC(=O)c2ccccc2)[C@H]2C=C[C@H]1C2. The van der Waals surface area contributed by atoms with Crippen molar-refractivity contribution in [1.82, 2.24) is 0 Å². The fraction of sp³-hybridized carbons (Fsp3) is 0.450. The number of benzene rings is 1. The third-order valence-corrected chi connectivity index (χ3v) is 4.89. The maximum atomic E-state index is 12.5. The number of ketones is 1. The molecular formula is C20H22O5. The maximum absolute atomic E-state index is 12.5. The second-order valence-electron chi connectivity index (χ2n) is 6.56. The zero-order valence-corrected chi connectivity index (χ0v) is 14.2. The van der Waals surface area contributed by atoms with E-state index in [1.165, 1.54) is 0 Å². The molecule has 0 aliphatic heterocycles. The van der Waals surface area contributed by atoms with Crippen LogP contribution in [0.5, 0.6) is 0 Å². The van der Waals surface area contributed by atoms with Gasteiger partial charge in [-0.1, -0.05) is 49.4 Å². The van der Waals surface area contributed by atoms with Crippen molar-refractivity contribution in [2.75, 3.05) is 13.2 Å². The molecule has 2 aliphatic rings. The highest BCUT2D eigenvalue weighted by molar-refractivity contribution is 5.98. The van der Waals surface area contributed by atoms with Gasteiger partial charge in [0.05, 0.1) is 18.4 Å². The highest BCUT2D eigenvalue weighted by Crippen LogP contribution is 2.49. The van der Waals surface area contributed by atoms with Crippen LogP contribution in [0.4, 0.5) is 0 Å². The maximum Gasteiger partial charge on any atom is 0.310 e. The van der Waals surface area contributed by atoms with Crippen LogP contribution < -0.4 is 0 Å². The smallest absolute Gasteiger partial charge is 0.310 e. The summed E-state index contributed by atoms with van der Waals surface area (Å²) >= 11 is 0. The number of rotatable bonds is 7. The first kappa shape index (κ1) is 17.4. The van der Waals surface area contributed by atoms with E-state index >= 15 is 0 Å². The molecule has 0 amide bonds. The molecule has 1 fully saturated rings. The van der Waals surface area contributed by atoms with E-state index in [4.69, 9.17) is 9.47 Å². The van der Waals surface area contributed by atoms with Crippen molar-refractivity contribution < 1.29 is 23.9 Å². The summed E-state index contributed by atoms with van der Waals surface area (Å²) in [7, 11) is 0. The number of carbonyl (C=O) groups is 3. The molecule has 5 nitrogen and oxygen atoms in total. The Morgan fingerprint density at radius 3 is 2.16 bits per heavy atom. The van der Waals surface area contributed by atoms with E-state index in [2.05, 4.69) is 0 Å². The van der Waals surface area contributed by atoms with Crippen molar-refractivity contribution in [2.45, 2.75) is 19.8 Å². The highest BCUT2D eigenvalue weighted by Gasteiger charge is 2.53. The van der Waals surface area contributed by atoms with Gasteiger partial charge in [-0.3, -0.25) is 14.4 Å². The molecule has 3 rings (SSSR count). The molecule has 25 heavy (non-hydrogen) atoms. The van der Waals surface area contributed by atoms with Gasteiger partial charge in [-0.2, -0.15) is 0 Å². The summed E-state index contributed by atoms with van der Waals surface area (Å²) in [5.41, 5.74) is 0.502. The first-order valence-electron chi connectivity index (χ1n) is 8.71. The molecule has 1 aromatic rings. The van der Waals surface area contributed by atoms with Crippen molar-refractivity contribution in [3.63, 3.8) is 0 Å². The van der Waals surface area contributed by atoms with E-state index in [1.54, 1.807) is 24.3 Å². The van der Waals surface area contributed by atoms with Crippen LogP contribution in [-0.2, 0) is 19.1 Å². The van der Waals surface area contributed by atoms with Gasteiger partial charge in [0, 0.05) is 5.56 Å². The fourth-order valence-corrected chi connectivity index (χ4v) is 3.70. The Labute approximate surface area is 147 Å². The van der Waals surface area contributed by atoms with Crippen molar-refractivity contribution >= 4 is 17.7 Å². The van der Waals surface area contributed by atoms with E-state index < -0.39 is 17.8 Å². The van der Waals surface area contributed by atoms with Crippen molar-refractivity contribution in [3.05, 3.63) is 48.0 Å². The summed E-state index contributed by atoms with van der Waals surface area (Å²) in [6, 6.07) is 8.70. The zero-order valence-electron chi connectivity index (χ0n) is 14.2. The van der Waals surface area contributed by atoms with Crippen LogP contribution >= 0.6 is 0 Å². The molecule has 0 N–H and O–H groups in total. The number of carbonyl (C=O) groups excluding carboxylic acids is 3. The van der Waals surface area contributed by atoms with Gasteiger partial charge in [0.15, 0.2) is 12.4 Å². The van der Waals surface area contributed by atoms with Gasteiger partial charge in [-0.25, -0.2) is 0 Å². The summed E-state index contributed by atoms with van der Waals surface area (Å²) in [4.78, 5) is 37.0. The lowest BCUT2D eigenvalue weighted by molar-refractivity contribution is -0.160. The summed E-state index contributed by atoms with van der Waals surface area (Å²) in [6.45, 7) is 1.97. The largest absolute Gasteiger partial charge is 0.465 e. The molecule has 1 saturated carbocycles. The van der Waals surface area contributed by atoms with Gasteiger partial charge in [-0.15, -0.1) is 0 Å². The van der Waals surface area contributed by atoms with Crippen LogP contribution in [0.2, 0.25) is 0 Å². The van der Waals surface area contributed by atoms with E-state index in [1.807, 2.05) is 25.1 Å². The summed E-state index contributed by atoms with van der Waals surface area (Å²) < 4.78 is 10.5. The molecule has 2 bridgehead atoms. The minimum atomic E-state index is -0.553. The third kappa shape index (κ3) is 3.65. The molecule has 1 aromatic carbocycles. The molecule has 132 valence electrons. The third-order valence-electron chi connectivity index (χ3n) is 4.89. The van der Waals surface area contributed by atoms with Crippen LogP contribution in [0.3, 0.4) is 0 Å². The normalized spacial score (nSPS) is 26.4. The van der Waals surface area contributed by atoms with E-state index in [-0.39, 0.29) is 30.2 Å². The molecule has 0 aromatic heterocycles. The van der Waals surface area contributed by atoms with Crippen LogP contribution in [0.15, 0.2) is 42.5 Å². The number of ether oxygens (including phenoxy) is 2. The Kier molecular flexibility index (Phi) is 5.31. The predicted molar refractivity (Wildman–Crippen MR) is 90.7 cm³/mol. The molecule has 5 heteroatoms. The average molecular weight is 342 g/mol. The number of fused-ring (bicyclic) bond motifs is 2. The Bertz CT molecular complexity index is 679. The first-order valence-corrected chi connectivity index (χ1v) is 8.71. The summed E-state index contributed by atoms with van der Waals surface area (Å²) in [6.07, 6.45) is 5.46. The lowest BCUT2D eigenvalue weighted by Crippen LogP contribution is -2.36. The van der Waals surface area contributed by atoms with Gasteiger partial charge in [0.2, 0.25) is 0 Å². The molecule has 0 spiro atoms. The summed E-state index contributed by atoms with van der Waals surface area (Å²) in [5, 5.41) is 0. The van der Waals surface area contributed by atoms with Crippen molar-refractivity contribution in [1.29, 1.82) is 0 Å². The minimum Gasteiger partial charge on any atom is -0.465 e. The second-order valence-corrected chi connectivity index (χ2v) is 6.56. The molecule has 2 aliphatic carbocycles. The average Bonchev–Trinajstić information content (AvgIpc) is 3.26. The molecule has 0 unspecified atom stereocenters. The van der Waals surface area contributed by atoms with Gasteiger partial charge >= 0.3 is 11.9 Å². The Morgan fingerprint density at radius 2 is 1.56 bits per heavy atom. The van der Waals surface area contributed by atoms with Crippen molar-refractivity contribution in [2.24, 2.45) is 23.7 Å². The lowest BCUT2D eigenvalue weighted by Gasteiger charge is -2.24. The topological polar surface area (TPSA) is 69.7 Å². The predicted octanol–water partition coefficient (Wildman–Crippen LogP) is 2.80. The fourth-order valence-electron chi connectivity index (χ4n) is 3.70. The Hall–Kier alpha value is -2.43. The van der Waals surface area contributed by atoms with Crippen LogP contribution in [-0.4, -0.2) is 30.9 Å². The van der Waals surface area contributed by atoms with Gasteiger partial charge < -0.3 is 9.47 Å². The zero-order chi connectivity index (χ0) is 17.8. The van der Waals surface area contributed by atoms with Gasteiger partial charge in [-0.05, 0) is 24.7 Å². The molecule has 0 heterocycles. The number of Topliss-reactive ketones (excluding diaryl/α,β-unsaturated/α-hetero) is 1. The van der Waals surface area contributed by atoms with Gasteiger partial charge in [0.25, 0.3) is 0 Å². The van der Waals surface area contributed by atoms with E-state index in [9.17, 15) is 14.4 Å². The Morgan fingerprint density at radius 1 is 0.960 bits per heavy atom. The van der Waals surface area contributed by atoms with E-state index in [0.29, 0.717) is 12.2 Å². The van der Waals surface area contributed by atoms with Crippen LogP contribution in [0.1, 0.15) is 30.1 Å². The standard InChI is InChI=1S/C20H22O5/c1-2-10-24-19(22)17-14-8-9-15(11-14)18(17)20(23)25-12-16(21)13-6-4-3-5-7-13/h3-9,14-15,17-18H,2,10-12H2,1H3/t14-,15-,17-,18-/m0/s1. The van der Waals surface area contributed by atoms with E-state index in [0.717, 1.165) is 12.8 Å². The summed E-state index contributed by atoms with van der Waals surface area (Å²) in [5.74, 6) is -2.11. The number of esters is 2. The number of allylic oxidation sites excluding steroid dienone is 2. The van der Waals surface area contributed by atoms with Crippen LogP contribution in [0, 0.1) is 23.7 Å². The molecule has 4 atom stereocenters. The first-order chi connectivity index (χ1) is 12.1. The number of hydrogen-bond donors (Lipinski definition) is 0. The van der Waals surface area contributed by atoms with Crippen molar-refractivity contribution in [3.8, 4) is 0 Å². The monoisotopic (exact) mass is 342 g/mol. The second kappa shape index (κ2) is 7.64. The molecular weight excluding hydrogens is 320 g/mol. The number of hydrogen-bond acceptors (Lipinski definition) is 5. The quantitative estimate of drug-likeness (QED) is 0.433. The molecule has 0 radical (unpaired) electrons. The van der Waals surface area contributed by atoms with Gasteiger partial charge in [0.1, 0.15) is 0 Å². The highest BCUT2D eigenvalue weighted by atomic mass is 16.5. The van der Waals surface area contributed by atoms with Crippen LogP contribution in [0.25, 0.3) is 0 Å². The Balaban J connectivity index is 1.63.